The van der Waals surface area contributed by atoms with Gasteiger partial charge in [-0.05, 0) is 30.9 Å². The molecule has 0 unspecified atom stereocenters. The molecular weight excluding hydrogens is 232 g/mol. The second-order valence-corrected chi connectivity index (χ2v) is 6.52. The fraction of sp³-hybridized carbons (Fsp3) is 0.929. The van der Waals surface area contributed by atoms with Gasteiger partial charge in [0.25, 0.3) is 0 Å². The summed E-state index contributed by atoms with van der Waals surface area (Å²) in [6.45, 7) is 0. The summed E-state index contributed by atoms with van der Waals surface area (Å²) < 4.78 is 5.44. The predicted octanol–water partition coefficient (Wildman–Crippen LogP) is 3.79. The van der Waals surface area contributed by atoms with Crippen LogP contribution < -0.4 is 0 Å². The number of ether oxygens (including phenoxy) is 1. The maximum Gasteiger partial charge on any atom is 0.306 e. The fourth-order valence-electron chi connectivity index (χ4n) is 2.86. The van der Waals surface area contributed by atoms with E-state index in [0.29, 0.717) is 6.42 Å². The molecule has 0 aromatic heterocycles. The van der Waals surface area contributed by atoms with Crippen molar-refractivity contribution in [1.29, 1.82) is 0 Å². The Hall–Kier alpha value is -0.180. The van der Waals surface area contributed by atoms with Crippen molar-refractivity contribution in [3.05, 3.63) is 0 Å². The highest BCUT2D eigenvalue weighted by Gasteiger charge is 2.20. The Morgan fingerprint density at radius 2 is 2.00 bits per heavy atom. The van der Waals surface area contributed by atoms with Crippen LogP contribution in [-0.2, 0) is 9.53 Å². The second kappa shape index (κ2) is 7.30. The largest absolute Gasteiger partial charge is 0.461 e. The smallest absolute Gasteiger partial charge is 0.306 e. The highest BCUT2D eigenvalue weighted by atomic mass is 32.2. The van der Waals surface area contributed by atoms with Crippen molar-refractivity contribution in [3.63, 3.8) is 0 Å². The van der Waals surface area contributed by atoms with E-state index >= 15 is 0 Å². The van der Waals surface area contributed by atoms with Gasteiger partial charge in [0, 0.05) is 12.2 Å². The standard InChI is InChI=1S/C14H24O2S/c15-14(16-13-9-10-17-11-13)8-4-7-12-5-2-1-3-6-12/h12-13H,1-11H2/t13-/m0/s1. The molecule has 3 heteroatoms. The van der Waals surface area contributed by atoms with E-state index in [0.717, 1.165) is 30.3 Å². The third kappa shape index (κ3) is 4.90. The summed E-state index contributed by atoms with van der Waals surface area (Å²) in [6, 6.07) is 0. The van der Waals surface area contributed by atoms with Gasteiger partial charge in [0.2, 0.25) is 0 Å². The van der Waals surface area contributed by atoms with E-state index in [1.807, 2.05) is 11.8 Å². The molecule has 98 valence electrons. The lowest BCUT2D eigenvalue weighted by Gasteiger charge is -2.21. The first kappa shape index (κ1) is 13.3. The van der Waals surface area contributed by atoms with Crippen LogP contribution in [0.4, 0.5) is 0 Å². The molecule has 2 rings (SSSR count). The van der Waals surface area contributed by atoms with Gasteiger partial charge in [-0.1, -0.05) is 32.1 Å². The molecule has 2 aliphatic rings. The minimum absolute atomic E-state index is 0.0355. The molecule has 1 heterocycles. The Morgan fingerprint density at radius 1 is 1.18 bits per heavy atom. The monoisotopic (exact) mass is 256 g/mol. The summed E-state index contributed by atoms with van der Waals surface area (Å²) >= 11 is 1.89. The molecule has 1 aliphatic heterocycles. The number of carbonyl (C=O) groups is 1. The van der Waals surface area contributed by atoms with Gasteiger partial charge >= 0.3 is 5.97 Å². The van der Waals surface area contributed by atoms with Gasteiger partial charge in [0.15, 0.2) is 0 Å². The van der Waals surface area contributed by atoms with Crippen LogP contribution in [0, 0.1) is 5.92 Å². The highest BCUT2D eigenvalue weighted by Crippen LogP contribution is 2.28. The summed E-state index contributed by atoms with van der Waals surface area (Å²) in [5.74, 6) is 3.08. The van der Waals surface area contributed by atoms with Gasteiger partial charge in [-0.25, -0.2) is 0 Å². The van der Waals surface area contributed by atoms with Crippen molar-refractivity contribution in [1.82, 2.24) is 0 Å². The quantitative estimate of drug-likeness (QED) is 0.700. The van der Waals surface area contributed by atoms with Crippen LogP contribution in [0.25, 0.3) is 0 Å². The van der Waals surface area contributed by atoms with E-state index < -0.39 is 0 Å². The third-order valence-electron chi connectivity index (χ3n) is 3.90. The van der Waals surface area contributed by atoms with Crippen molar-refractivity contribution in [2.75, 3.05) is 11.5 Å². The first-order valence-electron chi connectivity index (χ1n) is 7.12. The van der Waals surface area contributed by atoms with Crippen LogP contribution in [0.3, 0.4) is 0 Å². The summed E-state index contributed by atoms with van der Waals surface area (Å²) in [5.41, 5.74) is 0. The van der Waals surface area contributed by atoms with Gasteiger partial charge in [0.05, 0.1) is 0 Å². The SMILES string of the molecule is O=C(CCCC1CCCCC1)O[C@H]1CCSC1. The van der Waals surface area contributed by atoms with E-state index in [9.17, 15) is 4.79 Å². The van der Waals surface area contributed by atoms with Crippen LogP contribution in [-0.4, -0.2) is 23.6 Å². The summed E-state index contributed by atoms with van der Waals surface area (Å²) in [6.07, 6.45) is 11.1. The number of hydrogen-bond acceptors (Lipinski definition) is 3. The molecule has 0 spiro atoms. The summed E-state index contributed by atoms with van der Waals surface area (Å²) in [4.78, 5) is 11.6. The maximum absolute atomic E-state index is 11.6. The topological polar surface area (TPSA) is 26.3 Å². The van der Waals surface area contributed by atoms with E-state index in [2.05, 4.69) is 0 Å². The molecule has 0 bridgehead atoms. The molecule has 0 aromatic rings. The number of rotatable bonds is 5. The van der Waals surface area contributed by atoms with Gasteiger partial charge in [-0.15, -0.1) is 0 Å². The lowest BCUT2D eigenvalue weighted by Crippen LogP contribution is -2.17. The van der Waals surface area contributed by atoms with E-state index in [1.54, 1.807) is 0 Å². The first-order chi connectivity index (χ1) is 8.34. The van der Waals surface area contributed by atoms with Crippen LogP contribution >= 0.6 is 11.8 Å². The van der Waals surface area contributed by atoms with Crippen LogP contribution in [0.5, 0.6) is 0 Å². The van der Waals surface area contributed by atoms with Crippen LogP contribution in [0.1, 0.15) is 57.8 Å². The highest BCUT2D eigenvalue weighted by molar-refractivity contribution is 7.99. The average molecular weight is 256 g/mol. The molecule has 0 amide bonds. The molecule has 17 heavy (non-hydrogen) atoms. The molecular formula is C14H24O2S. The Kier molecular flexibility index (Phi) is 5.69. The van der Waals surface area contributed by atoms with E-state index in [4.69, 9.17) is 4.74 Å². The Balaban J connectivity index is 1.53. The number of carbonyl (C=O) groups excluding carboxylic acids is 1. The first-order valence-corrected chi connectivity index (χ1v) is 8.27. The Bertz CT molecular complexity index is 230. The lowest BCUT2D eigenvalue weighted by molar-refractivity contribution is -0.148. The van der Waals surface area contributed by atoms with Gasteiger partial charge < -0.3 is 4.74 Å². The van der Waals surface area contributed by atoms with Gasteiger partial charge in [-0.3, -0.25) is 4.79 Å². The molecule has 1 saturated heterocycles. The maximum atomic E-state index is 11.6. The average Bonchev–Trinajstić information content (AvgIpc) is 2.83. The van der Waals surface area contributed by atoms with Crippen molar-refractivity contribution < 1.29 is 9.53 Å². The Labute approximate surface area is 109 Å². The molecule has 0 radical (unpaired) electrons. The van der Waals surface area contributed by atoms with Gasteiger partial charge in [0.1, 0.15) is 6.10 Å². The van der Waals surface area contributed by atoms with Crippen molar-refractivity contribution >= 4 is 17.7 Å². The number of hydrogen-bond donors (Lipinski definition) is 0. The molecule has 0 aromatic carbocycles. The third-order valence-corrected chi connectivity index (χ3v) is 5.04. The zero-order valence-electron chi connectivity index (χ0n) is 10.7. The van der Waals surface area contributed by atoms with Crippen molar-refractivity contribution in [2.24, 2.45) is 5.92 Å². The molecule has 0 N–H and O–H groups in total. The minimum atomic E-state index is 0.0355. The normalized spacial score (nSPS) is 26.0. The summed E-state index contributed by atoms with van der Waals surface area (Å²) in [7, 11) is 0. The van der Waals surface area contributed by atoms with Crippen LogP contribution in [0.15, 0.2) is 0 Å². The number of esters is 1. The number of thioether (sulfide) groups is 1. The molecule has 1 saturated carbocycles. The minimum Gasteiger partial charge on any atom is -0.461 e. The second-order valence-electron chi connectivity index (χ2n) is 5.37. The molecule has 1 atom stereocenters. The lowest BCUT2D eigenvalue weighted by atomic mass is 9.86. The van der Waals surface area contributed by atoms with Crippen LogP contribution in [0.2, 0.25) is 0 Å². The molecule has 2 fully saturated rings. The fourth-order valence-corrected chi connectivity index (χ4v) is 3.96. The van der Waals surface area contributed by atoms with E-state index in [-0.39, 0.29) is 12.1 Å². The van der Waals surface area contributed by atoms with Crippen molar-refractivity contribution in [3.8, 4) is 0 Å². The van der Waals surface area contributed by atoms with E-state index in [1.165, 1.54) is 38.5 Å². The zero-order chi connectivity index (χ0) is 11.9. The van der Waals surface area contributed by atoms with Gasteiger partial charge in [-0.2, -0.15) is 11.8 Å². The molecule has 2 nitrogen and oxygen atoms in total. The predicted molar refractivity (Wildman–Crippen MR) is 72.2 cm³/mol. The molecule has 1 aliphatic carbocycles. The Morgan fingerprint density at radius 3 is 2.71 bits per heavy atom. The summed E-state index contributed by atoms with van der Waals surface area (Å²) in [5, 5.41) is 0. The zero-order valence-corrected chi connectivity index (χ0v) is 11.5. The van der Waals surface area contributed by atoms with Crippen molar-refractivity contribution in [2.45, 2.75) is 63.9 Å².